The summed E-state index contributed by atoms with van der Waals surface area (Å²) in [6, 6.07) is 2.59. The third-order valence-corrected chi connectivity index (χ3v) is 2.08. The molecule has 0 amide bonds. The average Bonchev–Trinajstić information content (AvgIpc) is 2.03. The van der Waals surface area contributed by atoms with Crippen LogP contribution in [-0.2, 0) is 0 Å². The summed E-state index contributed by atoms with van der Waals surface area (Å²) in [5.74, 6) is 0. The van der Waals surface area contributed by atoms with Gasteiger partial charge in [-0.2, -0.15) is 5.26 Å². The SMILES string of the molecule is CC(O)CCN(CCC#N)C(C)C. The van der Waals surface area contributed by atoms with Crippen LogP contribution in [0.25, 0.3) is 0 Å². The molecule has 0 aliphatic heterocycles. The molecule has 0 aromatic carbocycles. The van der Waals surface area contributed by atoms with Crippen molar-refractivity contribution < 1.29 is 5.11 Å². The van der Waals surface area contributed by atoms with Crippen molar-refractivity contribution in [2.75, 3.05) is 13.1 Å². The molecule has 0 fully saturated rings. The van der Waals surface area contributed by atoms with Crippen molar-refractivity contribution in [2.24, 2.45) is 0 Å². The third-order valence-electron chi connectivity index (χ3n) is 2.08. The van der Waals surface area contributed by atoms with Crippen LogP contribution < -0.4 is 0 Å². The molecule has 1 atom stereocenters. The second-order valence-electron chi connectivity index (χ2n) is 3.68. The highest BCUT2D eigenvalue weighted by Gasteiger charge is 2.09. The number of rotatable bonds is 6. The first-order chi connectivity index (χ1) is 6.07. The van der Waals surface area contributed by atoms with Crippen LogP contribution in [0.1, 0.15) is 33.6 Å². The van der Waals surface area contributed by atoms with Gasteiger partial charge in [-0.1, -0.05) is 0 Å². The lowest BCUT2D eigenvalue weighted by Gasteiger charge is -2.25. The molecule has 0 saturated heterocycles. The molecule has 0 heterocycles. The molecular formula is C10H20N2O. The fourth-order valence-corrected chi connectivity index (χ4v) is 1.17. The zero-order chi connectivity index (χ0) is 10.3. The van der Waals surface area contributed by atoms with E-state index in [4.69, 9.17) is 10.4 Å². The molecule has 13 heavy (non-hydrogen) atoms. The first kappa shape index (κ1) is 12.4. The lowest BCUT2D eigenvalue weighted by Crippen LogP contribution is -2.33. The van der Waals surface area contributed by atoms with Crippen LogP contribution in [0.15, 0.2) is 0 Å². The number of hydrogen-bond donors (Lipinski definition) is 1. The van der Waals surface area contributed by atoms with Crippen LogP contribution in [-0.4, -0.2) is 35.2 Å². The van der Waals surface area contributed by atoms with Gasteiger partial charge in [0.25, 0.3) is 0 Å². The second-order valence-corrected chi connectivity index (χ2v) is 3.68. The highest BCUT2D eigenvalue weighted by molar-refractivity contribution is 4.74. The van der Waals surface area contributed by atoms with E-state index in [-0.39, 0.29) is 6.10 Å². The predicted molar refractivity (Wildman–Crippen MR) is 53.2 cm³/mol. The smallest absolute Gasteiger partial charge is 0.0635 e. The summed E-state index contributed by atoms with van der Waals surface area (Å²) in [4.78, 5) is 2.22. The van der Waals surface area contributed by atoms with Gasteiger partial charge >= 0.3 is 0 Å². The van der Waals surface area contributed by atoms with Gasteiger partial charge < -0.3 is 5.11 Å². The van der Waals surface area contributed by atoms with Crippen LogP contribution >= 0.6 is 0 Å². The van der Waals surface area contributed by atoms with Gasteiger partial charge in [0.1, 0.15) is 0 Å². The number of aliphatic hydroxyl groups excluding tert-OH is 1. The van der Waals surface area contributed by atoms with Crippen LogP contribution in [0, 0.1) is 11.3 Å². The Kier molecular flexibility index (Phi) is 6.56. The molecule has 0 aromatic rings. The molecule has 1 N–H and O–H groups in total. The number of nitriles is 1. The van der Waals surface area contributed by atoms with Crippen molar-refractivity contribution in [3.8, 4) is 6.07 Å². The van der Waals surface area contributed by atoms with Crippen molar-refractivity contribution in [1.82, 2.24) is 4.90 Å². The highest BCUT2D eigenvalue weighted by Crippen LogP contribution is 2.02. The van der Waals surface area contributed by atoms with E-state index in [9.17, 15) is 0 Å². The maximum atomic E-state index is 9.12. The normalized spacial score (nSPS) is 13.3. The van der Waals surface area contributed by atoms with E-state index < -0.39 is 0 Å². The van der Waals surface area contributed by atoms with E-state index in [1.807, 2.05) is 0 Å². The van der Waals surface area contributed by atoms with Crippen LogP contribution in [0.2, 0.25) is 0 Å². The number of hydrogen-bond acceptors (Lipinski definition) is 3. The summed E-state index contributed by atoms with van der Waals surface area (Å²) < 4.78 is 0. The lowest BCUT2D eigenvalue weighted by atomic mass is 10.2. The van der Waals surface area contributed by atoms with Gasteiger partial charge in [0.2, 0.25) is 0 Å². The first-order valence-electron chi connectivity index (χ1n) is 4.87. The Labute approximate surface area is 81.0 Å². The fraction of sp³-hybridized carbons (Fsp3) is 0.900. The zero-order valence-electron chi connectivity index (χ0n) is 8.82. The van der Waals surface area contributed by atoms with Crippen LogP contribution in [0.5, 0.6) is 0 Å². The maximum absolute atomic E-state index is 9.12. The Balaban J connectivity index is 3.75. The molecule has 3 nitrogen and oxygen atoms in total. The van der Waals surface area contributed by atoms with Gasteiger partial charge in [0, 0.05) is 25.6 Å². The molecule has 1 unspecified atom stereocenters. The summed E-state index contributed by atoms with van der Waals surface area (Å²) in [5, 5.41) is 17.6. The standard InChI is InChI=1S/C10H20N2O/c1-9(2)12(7-4-6-11)8-5-10(3)13/h9-10,13H,4-5,7-8H2,1-3H3. The highest BCUT2D eigenvalue weighted by atomic mass is 16.3. The van der Waals surface area contributed by atoms with Crippen LogP contribution in [0.4, 0.5) is 0 Å². The second kappa shape index (κ2) is 6.88. The Morgan fingerprint density at radius 2 is 1.92 bits per heavy atom. The van der Waals surface area contributed by atoms with Gasteiger partial charge in [0.15, 0.2) is 0 Å². The van der Waals surface area contributed by atoms with Crippen molar-refractivity contribution in [2.45, 2.75) is 45.8 Å². The number of nitrogens with zero attached hydrogens (tertiary/aromatic N) is 2. The summed E-state index contributed by atoms with van der Waals surface area (Å²) in [6.07, 6.45) is 1.10. The molecular weight excluding hydrogens is 164 g/mol. The molecule has 76 valence electrons. The summed E-state index contributed by atoms with van der Waals surface area (Å²) >= 11 is 0. The minimum Gasteiger partial charge on any atom is -0.393 e. The monoisotopic (exact) mass is 184 g/mol. The molecule has 3 heteroatoms. The van der Waals surface area contributed by atoms with E-state index in [2.05, 4.69) is 24.8 Å². The van der Waals surface area contributed by atoms with Crippen molar-refractivity contribution in [3.63, 3.8) is 0 Å². The minimum absolute atomic E-state index is 0.247. The molecule has 0 spiro atoms. The third kappa shape index (κ3) is 6.56. The van der Waals surface area contributed by atoms with E-state index in [0.717, 1.165) is 19.5 Å². The van der Waals surface area contributed by atoms with E-state index >= 15 is 0 Å². The zero-order valence-corrected chi connectivity index (χ0v) is 8.82. The molecule has 0 bridgehead atoms. The Morgan fingerprint density at radius 3 is 2.31 bits per heavy atom. The van der Waals surface area contributed by atoms with Crippen LogP contribution in [0.3, 0.4) is 0 Å². The fourth-order valence-electron chi connectivity index (χ4n) is 1.17. The molecule has 0 aliphatic rings. The van der Waals surface area contributed by atoms with E-state index in [1.54, 1.807) is 6.92 Å². The molecule has 0 aromatic heterocycles. The van der Waals surface area contributed by atoms with Gasteiger partial charge in [-0.15, -0.1) is 0 Å². The van der Waals surface area contributed by atoms with E-state index in [0.29, 0.717) is 12.5 Å². The van der Waals surface area contributed by atoms with E-state index in [1.165, 1.54) is 0 Å². The topological polar surface area (TPSA) is 47.3 Å². The minimum atomic E-state index is -0.247. The predicted octanol–water partition coefficient (Wildman–Crippen LogP) is 1.38. The summed E-state index contributed by atoms with van der Waals surface area (Å²) in [6.45, 7) is 7.69. The average molecular weight is 184 g/mol. The van der Waals surface area contributed by atoms with Gasteiger partial charge in [-0.25, -0.2) is 0 Å². The summed E-state index contributed by atoms with van der Waals surface area (Å²) in [5.41, 5.74) is 0. The van der Waals surface area contributed by atoms with Crippen molar-refractivity contribution in [3.05, 3.63) is 0 Å². The molecule has 0 rings (SSSR count). The lowest BCUT2D eigenvalue weighted by molar-refractivity contribution is 0.143. The van der Waals surface area contributed by atoms with Crippen molar-refractivity contribution in [1.29, 1.82) is 5.26 Å². The maximum Gasteiger partial charge on any atom is 0.0635 e. The number of aliphatic hydroxyl groups is 1. The van der Waals surface area contributed by atoms with Gasteiger partial charge in [-0.05, 0) is 27.2 Å². The Bertz CT molecular complexity index is 161. The molecule has 0 radical (unpaired) electrons. The Hall–Kier alpha value is -0.590. The molecule has 0 aliphatic carbocycles. The van der Waals surface area contributed by atoms with Gasteiger partial charge in [0.05, 0.1) is 12.2 Å². The Morgan fingerprint density at radius 1 is 1.31 bits per heavy atom. The summed E-state index contributed by atoms with van der Waals surface area (Å²) in [7, 11) is 0. The molecule has 0 saturated carbocycles. The van der Waals surface area contributed by atoms with Crippen molar-refractivity contribution >= 4 is 0 Å². The first-order valence-corrected chi connectivity index (χ1v) is 4.87. The largest absolute Gasteiger partial charge is 0.393 e. The van der Waals surface area contributed by atoms with Gasteiger partial charge in [-0.3, -0.25) is 4.90 Å². The quantitative estimate of drug-likeness (QED) is 0.678.